The van der Waals surface area contributed by atoms with Gasteiger partial charge in [-0.2, -0.15) is 0 Å². The maximum atomic E-state index is 2.45. The van der Waals surface area contributed by atoms with E-state index in [1.54, 1.807) is 0 Å². The van der Waals surface area contributed by atoms with Crippen LogP contribution in [0.5, 0.6) is 0 Å². The molecule has 0 radical (unpaired) electrons. The summed E-state index contributed by atoms with van der Waals surface area (Å²) < 4.78 is 4.91. The Bertz CT molecular complexity index is 3210. The van der Waals surface area contributed by atoms with Gasteiger partial charge in [-0.1, -0.05) is 156 Å². The molecule has 2 nitrogen and oxygen atoms in total. The minimum Gasteiger partial charge on any atom is -0.309 e. The molecular weight excluding hydrogens is 809 g/mol. The van der Waals surface area contributed by atoms with Crippen molar-refractivity contribution in [2.45, 2.75) is 111 Å². The van der Waals surface area contributed by atoms with Crippen LogP contribution >= 0.6 is 0 Å². The second kappa shape index (κ2) is 14.9. The van der Waals surface area contributed by atoms with Gasteiger partial charge < -0.3 is 9.13 Å². The molecule has 334 valence electrons. The van der Waals surface area contributed by atoms with Gasteiger partial charge in [0.2, 0.25) is 0 Å². The second-order valence-corrected chi connectivity index (χ2v) is 23.6. The van der Waals surface area contributed by atoms with Crippen molar-refractivity contribution < 1.29 is 0 Å². The lowest BCUT2D eigenvalue weighted by Gasteiger charge is -2.19. The number of fused-ring (bicyclic) bond motifs is 9. The Morgan fingerprint density at radius 3 is 0.821 bits per heavy atom. The first-order chi connectivity index (χ1) is 31.7. The van der Waals surface area contributed by atoms with E-state index in [1.807, 2.05) is 0 Å². The van der Waals surface area contributed by atoms with E-state index in [4.69, 9.17) is 0 Å². The van der Waals surface area contributed by atoms with Crippen molar-refractivity contribution in [1.29, 1.82) is 0 Å². The maximum Gasteiger partial charge on any atom is 0.0541 e. The molecule has 0 amide bonds. The highest BCUT2D eigenvalue weighted by Crippen LogP contribution is 2.43. The van der Waals surface area contributed by atoms with Crippen molar-refractivity contribution in [1.82, 2.24) is 9.13 Å². The summed E-state index contributed by atoms with van der Waals surface area (Å²) in [5.41, 5.74) is 23.5. The molecule has 0 saturated heterocycles. The van der Waals surface area contributed by atoms with Crippen molar-refractivity contribution in [2.24, 2.45) is 0 Å². The van der Waals surface area contributed by atoms with Crippen LogP contribution < -0.4 is 0 Å². The number of rotatable bonds is 4. The Balaban J connectivity index is 0.922. The molecule has 0 saturated carbocycles. The standard InChI is InChI=1S/C65H64N2/c1-62(2,3)46-21-29-58-54(36-46)55-37-47(63(4,5)6)22-30-59(55)66(58)50-25-17-40(18-26-50)42-13-15-44-33-45-16-14-43(35-53(45)52(44)34-42)41-19-27-51(28-20-41)67-60-31-23-48(64(7,8)9)38-56(60)57-39-49(65(10,11)12)24-32-61(57)67/h13-32,34-39H,33H2,1-12H3. The number of aromatic nitrogens is 2. The molecular formula is C65H64N2. The number of nitrogens with zero attached hydrogens (tertiary/aromatic N) is 2. The molecule has 0 N–H and O–H groups in total. The second-order valence-electron chi connectivity index (χ2n) is 23.6. The third-order valence-electron chi connectivity index (χ3n) is 14.8. The minimum atomic E-state index is 0.0690. The maximum absolute atomic E-state index is 2.45. The molecule has 10 aromatic rings. The summed E-state index contributed by atoms with van der Waals surface area (Å²) in [5.74, 6) is 0. The smallest absolute Gasteiger partial charge is 0.0541 e. The molecule has 0 fully saturated rings. The summed E-state index contributed by atoms with van der Waals surface area (Å²) >= 11 is 0. The first kappa shape index (κ1) is 43.0. The van der Waals surface area contributed by atoms with Gasteiger partial charge >= 0.3 is 0 Å². The van der Waals surface area contributed by atoms with Crippen LogP contribution in [0.3, 0.4) is 0 Å². The van der Waals surface area contributed by atoms with Crippen LogP contribution in [-0.4, -0.2) is 9.13 Å². The lowest BCUT2D eigenvalue weighted by Crippen LogP contribution is -2.10. The molecule has 1 aliphatic carbocycles. The molecule has 1 aliphatic rings. The normalized spacial score (nSPS) is 13.3. The molecule has 0 spiro atoms. The third-order valence-corrected chi connectivity index (χ3v) is 14.8. The first-order valence-electron chi connectivity index (χ1n) is 24.4. The van der Waals surface area contributed by atoms with Gasteiger partial charge in [0.15, 0.2) is 0 Å². The Labute approximate surface area is 397 Å². The van der Waals surface area contributed by atoms with Gasteiger partial charge in [-0.05, 0) is 180 Å². The molecule has 0 aliphatic heterocycles. The van der Waals surface area contributed by atoms with E-state index in [2.05, 4.69) is 250 Å². The van der Waals surface area contributed by atoms with Crippen molar-refractivity contribution in [2.75, 3.05) is 0 Å². The van der Waals surface area contributed by atoms with Gasteiger partial charge in [-0.15, -0.1) is 0 Å². The summed E-state index contributed by atoms with van der Waals surface area (Å²) in [6, 6.07) is 60.9. The zero-order valence-electron chi connectivity index (χ0n) is 41.6. The molecule has 11 rings (SSSR count). The minimum absolute atomic E-state index is 0.0690. The first-order valence-corrected chi connectivity index (χ1v) is 24.4. The van der Waals surface area contributed by atoms with E-state index in [0.29, 0.717) is 0 Å². The fraction of sp³-hybridized carbons (Fsp3) is 0.262. The fourth-order valence-electron chi connectivity index (χ4n) is 10.6. The van der Waals surface area contributed by atoms with Crippen molar-refractivity contribution in [3.8, 4) is 44.8 Å². The molecule has 8 aromatic carbocycles. The van der Waals surface area contributed by atoms with Gasteiger partial charge in [-0.25, -0.2) is 0 Å². The van der Waals surface area contributed by atoms with E-state index < -0.39 is 0 Å². The summed E-state index contributed by atoms with van der Waals surface area (Å²) in [6.45, 7) is 27.7. The molecule has 2 heterocycles. The topological polar surface area (TPSA) is 9.86 Å². The van der Waals surface area contributed by atoms with E-state index in [0.717, 1.165) is 6.42 Å². The lowest BCUT2D eigenvalue weighted by atomic mass is 9.85. The Hall–Kier alpha value is -6.64. The quantitative estimate of drug-likeness (QED) is 0.167. The van der Waals surface area contributed by atoms with Crippen LogP contribution in [0.1, 0.15) is 116 Å². The number of hydrogen-bond acceptors (Lipinski definition) is 0. The van der Waals surface area contributed by atoms with Crippen LogP contribution in [0.15, 0.2) is 158 Å². The number of benzene rings is 8. The van der Waals surface area contributed by atoms with Crippen LogP contribution in [0, 0.1) is 0 Å². The molecule has 0 atom stereocenters. The van der Waals surface area contributed by atoms with Crippen molar-refractivity contribution in [3.05, 3.63) is 191 Å². The molecule has 2 aromatic heterocycles. The fourth-order valence-corrected chi connectivity index (χ4v) is 10.6. The average Bonchev–Trinajstić information content (AvgIpc) is 3.94. The highest BCUT2D eigenvalue weighted by molar-refractivity contribution is 6.11. The Morgan fingerprint density at radius 2 is 0.552 bits per heavy atom. The van der Waals surface area contributed by atoms with E-state index in [9.17, 15) is 0 Å². The molecule has 67 heavy (non-hydrogen) atoms. The lowest BCUT2D eigenvalue weighted by molar-refractivity contribution is 0.590. The Kier molecular flexibility index (Phi) is 9.57. The van der Waals surface area contributed by atoms with Gasteiger partial charge in [-0.3, -0.25) is 0 Å². The van der Waals surface area contributed by atoms with E-state index in [1.165, 1.54) is 122 Å². The molecule has 0 unspecified atom stereocenters. The van der Waals surface area contributed by atoms with Crippen LogP contribution in [-0.2, 0) is 28.1 Å². The molecule has 0 bridgehead atoms. The monoisotopic (exact) mass is 873 g/mol. The highest BCUT2D eigenvalue weighted by atomic mass is 15.0. The third kappa shape index (κ3) is 7.32. The van der Waals surface area contributed by atoms with Crippen LogP contribution in [0.4, 0.5) is 0 Å². The highest BCUT2D eigenvalue weighted by Gasteiger charge is 2.24. The largest absolute Gasteiger partial charge is 0.309 e. The summed E-state index contributed by atoms with van der Waals surface area (Å²) in [4.78, 5) is 0. The zero-order valence-corrected chi connectivity index (χ0v) is 41.6. The van der Waals surface area contributed by atoms with Crippen molar-refractivity contribution in [3.63, 3.8) is 0 Å². The Morgan fingerprint density at radius 1 is 0.284 bits per heavy atom. The average molecular weight is 873 g/mol. The summed E-state index contributed by atoms with van der Waals surface area (Å²) in [6.07, 6.45) is 0.965. The number of hydrogen-bond donors (Lipinski definition) is 0. The van der Waals surface area contributed by atoms with E-state index in [-0.39, 0.29) is 21.7 Å². The van der Waals surface area contributed by atoms with E-state index >= 15 is 0 Å². The summed E-state index contributed by atoms with van der Waals surface area (Å²) in [7, 11) is 0. The van der Waals surface area contributed by atoms with Gasteiger partial charge in [0.1, 0.15) is 0 Å². The van der Waals surface area contributed by atoms with Crippen molar-refractivity contribution >= 4 is 43.6 Å². The van der Waals surface area contributed by atoms with Gasteiger partial charge in [0.05, 0.1) is 22.1 Å². The predicted molar refractivity (Wildman–Crippen MR) is 289 cm³/mol. The van der Waals surface area contributed by atoms with Gasteiger partial charge in [0.25, 0.3) is 0 Å². The van der Waals surface area contributed by atoms with Crippen LogP contribution in [0.2, 0.25) is 0 Å². The zero-order chi connectivity index (χ0) is 46.9. The van der Waals surface area contributed by atoms with Crippen LogP contribution in [0.25, 0.3) is 88.4 Å². The summed E-state index contributed by atoms with van der Waals surface area (Å²) in [5, 5.41) is 5.27. The molecule has 2 heteroatoms. The SMILES string of the molecule is CC(C)(C)c1ccc2c(c1)c1cc(C(C)(C)C)ccc1n2-c1ccc(-c2ccc3c(c2)-c2cc(-c4ccc(-n5c6ccc(C(C)(C)C)cc6c6cc(C(C)(C)C)ccc65)cc4)ccc2C3)cc1. The predicted octanol–water partition coefficient (Wildman–Crippen LogP) is 18.0. The van der Waals surface area contributed by atoms with Gasteiger partial charge in [0, 0.05) is 32.9 Å².